The van der Waals surface area contributed by atoms with Gasteiger partial charge in [0.1, 0.15) is 12.1 Å². The summed E-state index contributed by atoms with van der Waals surface area (Å²) in [5.41, 5.74) is 4.98. The van der Waals surface area contributed by atoms with Crippen molar-refractivity contribution in [3.05, 3.63) is 23.8 Å². The molecule has 10 nitrogen and oxygen atoms in total. The Morgan fingerprint density at radius 2 is 1.81 bits per heavy atom. The van der Waals surface area contributed by atoms with Crippen molar-refractivity contribution in [1.82, 2.24) is 10.6 Å². The maximum Gasteiger partial charge on any atom is 0.328 e. The van der Waals surface area contributed by atoms with Crippen molar-refractivity contribution >= 4 is 17.8 Å². The highest BCUT2D eigenvalue weighted by Crippen LogP contribution is 2.22. The van der Waals surface area contributed by atoms with Gasteiger partial charge >= 0.3 is 5.97 Å². The molecule has 144 valence electrons. The van der Waals surface area contributed by atoms with Crippen molar-refractivity contribution in [1.29, 1.82) is 0 Å². The minimum absolute atomic E-state index is 0.137. The number of carbonyl (C=O) groups is 3. The van der Waals surface area contributed by atoms with Crippen molar-refractivity contribution < 1.29 is 34.8 Å². The first kappa shape index (κ1) is 21.2. The minimum Gasteiger partial charge on any atom is -0.873 e. The van der Waals surface area contributed by atoms with Crippen LogP contribution in [0.25, 0.3) is 0 Å². The Morgan fingerprint density at radius 3 is 2.38 bits per heavy atom. The van der Waals surface area contributed by atoms with E-state index in [9.17, 15) is 24.6 Å². The van der Waals surface area contributed by atoms with Gasteiger partial charge in [-0.15, -0.1) is 11.5 Å². The summed E-state index contributed by atoms with van der Waals surface area (Å²) < 4.78 is 0. The summed E-state index contributed by atoms with van der Waals surface area (Å²) in [7, 11) is 0. The Balaban J connectivity index is 2.91. The quantitative estimate of drug-likeness (QED) is 0.283. The lowest BCUT2D eigenvalue weighted by atomic mass is 10.1. The summed E-state index contributed by atoms with van der Waals surface area (Å²) in [5.74, 6) is -5.04. The highest BCUT2D eigenvalue weighted by atomic mass is 16.4. The number of amides is 2. The van der Waals surface area contributed by atoms with Crippen LogP contribution in [-0.4, -0.2) is 53.2 Å². The number of aliphatic hydroxyl groups excluding tert-OH is 1. The van der Waals surface area contributed by atoms with Gasteiger partial charge in [-0.2, -0.15) is 0 Å². The van der Waals surface area contributed by atoms with E-state index in [0.717, 1.165) is 12.1 Å². The highest BCUT2D eigenvalue weighted by molar-refractivity contribution is 6.00. The number of rotatable bonds is 10. The summed E-state index contributed by atoms with van der Waals surface area (Å²) in [4.78, 5) is 35.4. The van der Waals surface area contributed by atoms with Gasteiger partial charge in [0.05, 0.1) is 6.61 Å². The van der Waals surface area contributed by atoms with Crippen molar-refractivity contribution in [3.63, 3.8) is 0 Å². The third-order valence-electron chi connectivity index (χ3n) is 3.59. The topological polar surface area (TPSA) is 188 Å². The van der Waals surface area contributed by atoms with Gasteiger partial charge in [0.25, 0.3) is 5.91 Å². The number of carbonyl (C=O) groups excluding carboxylic acids is 2. The molecule has 0 saturated heterocycles. The molecule has 0 fully saturated rings. The molecule has 0 unspecified atom stereocenters. The molecule has 0 heterocycles. The Kier molecular flexibility index (Phi) is 8.32. The first-order valence-electron chi connectivity index (χ1n) is 7.93. The molecule has 2 amide bonds. The molecule has 0 aromatic heterocycles. The second-order valence-electron chi connectivity index (χ2n) is 5.53. The maximum absolute atomic E-state index is 12.3. The molecule has 1 aromatic carbocycles. The van der Waals surface area contributed by atoms with Gasteiger partial charge in [0, 0.05) is 5.56 Å². The molecule has 10 heteroatoms. The van der Waals surface area contributed by atoms with E-state index in [1.54, 1.807) is 0 Å². The van der Waals surface area contributed by atoms with Crippen LogP contribution >= 0.6 is 0 Å². The van der Waals surface area contributed by atoms with Crippen molar-refractivity contribution in [2.75, 3.05) is 13.2 Å². The lowest BCUT2D eigenvalue weighted by Gasteiger charge is -2.24. The third kappa shape index (κ3) is 5.90. The Morgan fingerprint density at radius 1 is 1.12 bits per heavy atom. The van der Waals surface area contributed by atoms with E-state index < -0.39 is 53.5 Å². The number of nitrogens with one attached hydrogen (secondary N) is 2. The van der Waals surface area contributed by atoms with Crippen molar-refractivity contribution in [2.24, 2.45) is 5.73 Å². The zero-order chi connectivity index (χ0) is 19.7. The van der Waals surface area contributed by atoms with Crippen LogP contribution in [0, 0.1) is 0 Å². The molecule has 6 N–H and O–H groups in total. The lowest BCUT2D eigenvalue weighted by Crippen LogP contribution is -2.52. The Labute approximate surface area is 149 Å². The molecular weight excluding hydrogens is 346 g/mol. The van der Waals surface area contributed by atoms with Gasteiger partial charge < -0.3 is 36.8 Å². The third-order valence-corrected chi connectivity index (χ3v) is 3.59. The van der Waals surface area contributed by atoms with E-state index in [4.69, 9.17) is 15.9 Å². The summed E-state index contributed by atoms with van der Waals surface area (Å²) in [5, 5.41) is 45.4. The van der Waals surface area contributed by atoms with Gasteiger partial charge in [-0.05, 0) is 25.8 Å². The average molecular weight is 367 g/mol. The molecule has 0 aliphatic rings. The Hall–Kier alpha value is -2.85. The molecule has 0 bridgehead atoms. The highest BCUT2D eigenvalue weighted by Gasteiger charge is 2.26. The molecule has 2 atom stereocenters. The van der Waals surface area contributed by atoms with Crippen LogP contribution < -0.4 is 26.6 Å². The lowest BCUT2D eigenvalue weighted by molar-refractivity contribution is -0.317. The Bertz CT molecular complexity index is 651. The first-order valence-corrected chi connectivity index (χ1v) is 7.93. The SMILES string of the molecule is NCCCC[C@@H](NC(=O)c1cccc([O-])c1[O-])C(=O)N[C@@H](CO)C(=O)O. The monoisotopic (exact) mass is 367 g/mol. The summed E-state index contributed by atoms with van der Waals surface area (Å²) >= 11 is 0. The largest absolute Gasteiger partial charge is 0.873 e. The molecule has 0 spiro atoms. The second kappa shape index (κ2) is 10.2. The van der Waals surface area contributed by atoms with Gasteiger partial charge in [-0.1, -0.05) is 18.2 Å². The van der Waals surface area contributed by atoms with E-state index >= 15 is 0 Å². The number of aliphatic hydroxyl groups is 1. The van der Waals surface area contributed by atoms with Gasteiger partial charge in [0.15, 0.2) is 0 Å². The van der Waals surface area contributed by atoms with Gasteiger partial charge in [0.2, 0.25) is 5.91 Å². The van der Waals surface area contributed by atoms with Crippen LogP contribution in [-0.2, 0) is 9.59 Å². The predicted octanol–water partition coefficient (Wildman–Crippen LogP) is -2.38. The van der Waals surface area contributed by atoms with Gasteiger partial charge in [-0.3, -0.25) is 9.59 Å². The zero-order valence-electron chi connectivity index (χ0n) is 13.9. The summed E-state index contributed by atoms with van der Waals surface area (Å²) in [6.45, 7) is -0.465. The van der Waals surface area contributed by atoms with E-state index in [1.807, 2.05) is 0 Å². The van der Waals surface area contributed by atoms with E-state index in [-0.39, 0.29) is 6.42 Å². The van der Waals surface area contributed by atoms with Crippen LogP contribution in [0.2, 0.25) is 0 Å². The van der Waals surface area contributed by atoms with Crippen LogP contribution in [0.15, 0.2) is 18.2 Å². The average Bonchev–Trinajstić information content (AvgIpc) is 2.60. The number of unbranched alkanes of at least 4 members (excludes halogenated alkanes) is 1. The molecule has 0 saturated carbocycles. The molecule has 1 aromatic rings. The molecule has 0 radical (unpaired) electrons. The second-order valence-corrected chi connectivity index (χ2v) is 5.53. The number of hydrogen-bond acceptors (Lipinski definition) is 7. The molecular formula is C16H21N3O7-2. The molecule has 1 rings (SSSR count). The van der Waals surface area contributed by atoms with Crippen LogP contribution in [0.5, 0.6) is 11.5 Å². The number of nitrogens with two attached hydrogens (primary N) is 1. The van der Waals surface area contributed by atoms with E-state index in [0.29, 0.717) is 19.4 Å². The normalized spacial score (nSPS) is 12.8. The van der Waals surface area contributed by atoms with Crippen LogP contribution in [0.1, 0.15) is 29.6 Å². The molecule has 26 heavy (non-hydrogen) atoms. The van der Waals surface area contributed by atoms with E-state index in [2.05, 4.69) is 10.6 Å². The van der Waals surface area contributed by atoms with Crippen LogP contribution in [0.3, 0.4) is 0 Å². The minimum atomic E-state index is -1.53. The number of carboxylic acid groups (broad SMARTS) is 1. The predicted molar refractivity (Wildman–Crippen MR) is 86.1 cm³/mol. The fourth-order valence-corrected chi connectivity index (χ4v) is 2.15. The van der Waals surface area contributed by atoms with E-state index in [1.165, 1.54) is 6.07 Å². The summed E-state index contributed by atoms with van der Waals surface area (Å²) in [6, 6.07) is 0.730. The number of benzene rings is 1. The van der Waals surface area contributed by atoms with Crippen LogP contribution in [0.4, 0.5) is 0 Å². The van der Waals surface area contributed by atoms with Crippen molar-refractivity contribution in [3.8, 4) is 11.5 Å². The van der Waals surface area contributed by atoms with Gasteiger partial charge in [-0.25, -0.2) is 4.79 Å². The fourth-order valence-electron chi connectivity index (χ4n) is 2.15. The maximum atomic E-state index is 12.3. The standard InChI is InChI=1S/C16H23N3O7/c17-7-2-1-5-10(15(24)19-11(8-20)16(25)26)18-14(23)9-4-3-6-12(21)13(9)22/h3-4,6,10-11,20-22H,1-2,5,7-8,17H2,(H,18,23)(H,19,24)(H,25,26)/p-2/t10-,11+/m1/s1. The molecule has 0 aliphatic carbocycles. The smallest absolute Gasteiger partial charge is 0.328 e. The summed E-state index contributed by atoms with van der Waals surface area (Å²) in [6.07, 6.45) is 1.15. The number of aliphatic carboxylic acids is 1. The first-order chi connectivity index (χ1) is 12.3. The number of carboxylic acids is 1. The number of hydrogen-bond donors (Lipinski definition) is 5. The van der Waals surface area contributed by atoms with Crippen molar-refractivity contribution in [2.45, 2.75) is 31.3 Å². The number of para-hydroxylation sites is 1. The fraction of sp³-hybridized carbons (Fsp3) is 0.438. The zero-order valence-corrected chi connectivity index (χ0v) is 13.9. The molecule has 0 aliphatic heterocycles.